The normalized spacial score (nSPS) is 19.3. The van der Waals surface area contributed by atoms with Crippen molar-refractivity contribution in [3.05, 3.63) is 34.5 Å². The highest BCUT2D eigenvalue weighted by atomic mass is 79.9. The molecule has 76 valence electrons. The minimum atomic E-state index is 0.180. The van der Waals surface area contributed by atoms with E-state index in [9.17, 15) is 0 Å². The van der Waals surface area contributed by atoms with Gasteiger partial charge in [-0.3, -0.25) is 5.41 Å². The third-order valence-corrected chi connectivity index (χ3v) is 2.24. The van der Waals surface area contributed by atoms with Gasteiger partial charge in [0.2, 0.25) is 0 Å². The summed E-state index contributed by atoms with van der Waals surface area (Å²) in [5, 5.41) is 15.1. The predicted octanol–water partition coefficient (Wildman–Crippen LogP) is 2.29. The Kier molecular flexibility index (Phi) is 3.69. The van der Waals surface area contributed by atoms with Gasteiger partial charge in [0.1, 0.15) is 13.6 Å². The van der Waals surface area contributed by atoms with Crippen molar-refractivity contribution in [3.63, 3.8) is 0 Å². The van der Waals surface area contributed by atoms with Gasteiger partial charge in [0, 0.05) is 5.57 Å². The second-order valence-corrected chi connectivity index (χ2v) is 3.95. The molecule has 0 aromatic heterocycles. The zero-order valence-electron chi connectivity index (χ0n) is 8.52. The average molecular weight is 265 g/mol. The molecule has 5 heteroatoms. The van der Waals surface area contributed by atoms with E-state index >= 15 is 0 Å². The van der Waals surface area contributed by atoms with E-state index in [2.05, 4.69) is 15.9 Å². The number of ether oxygens (including phenoxy) is 1. The van der Waals surface area contributed by atoms with Crippen molar-refractivity contribution in [2.24, 2.45) is 0 Å². The van der Waals surface area contributed by atoms with Crippen LogP contribution in [-0.4, -0.2) is 25.3 Å². The fourth-order valence-electron chi connectivity index (χ4n) is 1.39. The van der Waals surface area contributed by atoms with Crippen LogP contribution in [0.1, 0.15) is 6.92 Å². The molecule has 0 aliphatic heterocycles. The molecule has 0 saturated heterocycles. The monoisotopic (exact) mass is 264 g/mol. The Bertz CT molecular complexity index is 421. The molecule has 0 spiro atoms. The first-order chi connectivity index (χ1) is 6.97. The van der Waals surface area contributed by atoms with Gasteiger partial charge in [-0.05, 0) is 34.5 Å². The molecular formula is C10H10BBrN2O. The van der Waals surface area contributed by atoms with E-state index in [4.69, 9.17) is 23.4 Å². The molecular weight excluding hydrogens is 255 g/mol. The second kappa shape index (κ2) is 4.62. The van der Waals surface area contributed by atoms with Crippen LogP contribution < -0.4 is 0 Å². The molecule has 0 aromatic rings. The van der Waals surface area contributed by atoms with Gasteiger partial charge in [0.15, 0.2) is 0 Å². The van der Waals surface area contributed by atoms with Crippen LogP contribution in [0.3, 0.4) is 0 Å². The van der Waals surface area contributed by atoms with E-state index in [1.807, 2.05) is 6.92 Å². The first kappa shape index (κ1) is 12.0. The van der Waals surface area contributed by atoms with Crippen molar-refractivity contribution in [1.29, 1.82) is 10.8 Å². The highest BCUT2D eigenvalue weighted by Crippen LogP contribution is 2.26. The molecule has 0 unspecified atom stereocenters. The van der Waals surface area contributed by atoms with Crippen LogP contribution in [0.4, 0.5) is 0 Å². The number of nitrogens with one attached hydrogen (secondary N) is 2. The number of rotatable bonds is 2. The van der Waals surface area contributed by atoms with E-state index in [1.165, 1.54) is 13.2 Å². The molecule has 0 fully saturated rings. The molecule has 0 aromatic carbocycles. The van der Waals surface area contributed by atoms with Gasteiger partial charge in [-0.2, -0.15) is 0 Å². The van der Waals surface area contributed by atoms with Crippen molar-refractivity contribution in [3.8, 4) is 0 Å². The first-order valence-corrected chi connectivity index (χ1v) is 5.04. The summed E-state index contributed by atoms with van der Waals surface area (Å²) >= 11 is 3.01. The Labute approximate surface area is 98.5 Å². The lowest BCUT2D eigenvalue weighted by molar-refractivity contribution is 0.300. The summed E-state index contributed by atoms with van der Waals surface area (Å²) < 4.78 is 5.37. The maximum atomic E-state index is 7.78. The van der Waals surface area contributed by atoms with Crippen LogP contribution >= 0.6 is 15.9 Å². The molecule has 2 N–H and O–H groups in total. The average Bonchev–Trinajstić information content (AvgIpc) is 2.13. The van der Waals surface area contributed by atoms with Crippen molar-refractivity contribution in [2.75, 3.05) is 7.11 Å². The maximum absolute atomic E-state index is 7.78. The summed E-state index contributed by atoms with van der Waals surface area (Å²) in [4.78, 5) is 0. The van der Waals surface area contributed by atoms with Gasteiger partial charge in [-0.25, -0.2) is 0 Å². The van der Waals surface area contributed by atoms with Gasteiger partial charge < -0.3 is 10.1 Å². The highest BCUT2D eigenvalue weighted by molar-refractivity contribution is 9.18. The lowest BCUT2D eigenvalue weighted by Gasteiger charge is -2.19. The van der Waals surface area contributed by atoms with Gasteiger partial charge in [0.05, 0.1) is 17.4 Å². The van der Waals surface area contributed by atoms with Crippen LogP contribution in [0.25, 0.3) is 0 Å². The van der Waals surface area contributed by atoms with Crippen LogP contribution in [0.2, 0.25) is 0 Å². The zero-order chi connectivity index (χ0) is 11.6. The molecule has 0 saturated carbocycles. The van der Waals surface area contributed by atoms with Crippen LogP contribution in [0.5, 0.6) is 0 Å². The molecule has 0 amide bonds. The zero-order valence-corrected chi connectivity index (χ0v) is 10.1. The Morgan fingerprint density at radius 2 is 2.20 bits per heavy atom. The Morgan fingerprint density at radius 1 is 1.60 bits per heavy atom. The number of allylic oxidation sites excluding steroid dienone is 5. The molecule has 2 radical (unpaired) electrons. The lowest BCUT2D eigenvalue weighted by Crippen LogP contribution is -2.15. The standard InChI is InChI=1S/C10H10BBrN2O/c1-5-3-7(11)9(14)6(4-8(12)13)10(5)15-2/h3-4,13-14H,1-2H3. The van der Waals surface area contributed by atoms with Crippen molar-refractivity contribution >= 4 is 34.1 Å². The number of halogens is 1. The summed E-state index contributed by atoms with van der Waals surface area (Å²) in [6, 6.07) is 0. The molecule has 3 nitrogen and oxygen atoms in total. The van der Waals surface area contributed by atoms with Gasteiger partial charge >= 0.3 is 0 Å². The van der Waals surface area contributed by atoms with E-state index in [0.717, 1.165) is 5.57 Å². The minimum Gasteiger partial charge on any atom is -0.496 e. The quantitative estimate of drug-likeness (QED) is 0.584. The highest BCUT2D eigenvalue weighted by Gasteiger charge is 2.19. The van der Waals surface area contributed by atoms with E-state index in [-0.39, 0.29) is 10.3 Å². The number of hydrogen-bond donors (Lipinski definition) is 2. The summed E-state index contributed by atoms with van der Waals surface area (Å²) in [5.41, 5.74) is 1.94. The van der Waals surface area contributed by atoms with Gasteiger partial charge in [0.25, 0.3) is 0 Å². The molecule has 15 heavy (non-hydrogen) atoms. The third-order valence-electron chi connectivity index (χ3n) is 2.01. The predicted molar refractivity (Wildman–Crippen MR) is 66.0 cm³/mol. The molecule has 0 bridgehead atoms. The molecule has 0 heterocycles. The summed E-state index contributed by atoms with van der Waals surface area (Å²) in [6.45, 7) is 1.85. The number of methoxy groups -OCH3 is 1. The fraction of sp³-hybridized carbons (Fsp3) is 0.200. The molecule has 1 aliphatic rings. The maximum Gasteiger partial charge on any atom is 0.131 e. The summed E-state index contributed by atoms with van der Waals surface area (Å²) in [6.07, 6.45) is 3.20. The van der Waals surface area contributed by atoms with Crippen molar-refractivity contribution in [2.45, 2.75) is 6.92 Å². The minimum absolute atomic E-state index is 0.180. The topological polar surface area (TPSA) is 56.9 Å². The van der Waals surface area contributed by atoms with Crippen LogP contribution in [0, 0.1) is 10.8 Å². The molecule has 1 aliphatic carbocycles. The van der Waals surface area contributed by atoms with E-state index in [0.29, 0.717) is 16.8 Å². The van der Waals surface area contributed by atoms with Gasteiger partial charge in [-0.15, -0.1) is 0 Å². The first-order valence-electron chi connectivity index (χ1n) is 4.24. The number of hydrogen-bond acceptors (Lipinski definition) is 3. The largest absolute Gasteiger partial charge is 0.496 e. The Hall–Kier alpha value is -1.10. The SMILES string of the molecule is [B]C1=CC(C)=C(OC)C(=CC(=N)Br)C1=N. The van der Waals surface area contributed by atoms with Gasteiger partial charge in [-0.1, -0.05) is 11.5 Å². The lowest BCUT2D eigenvalue weighted by atomic mass is 9.81. The van der Waals surface area contributed by atoms with Crippen LogP contribution in [0.15, 0.2) is 34.5 Å². The smallest absolute Gasteiger partial charge is 0.131 e. The third kappa shape index (κ3) is 2.47. The summed E-state index contributed by atoms with van der Waals surface area (Å²) in [5.74, 6) is 0.582. The van der Waals surface area contributed by atoms with Crippen LogP contribution in [-0.2, 0) is 4.74 Å². The summed E-state index contributed by atoms with van der Waals surface area (Å²) in [7, 11) is 7.21. The fourth-order valence-corrected chi connectivity index (χ4v) is 1.62. The molecule has 0 atom stereocenters. The molecule has 1 rings (SSSR count). The van der Waals surface area contributed by atoms with E-state index < -0.39 is 0 Å². The van der Waals surface area contributed by atoms with E-state index in [1.54, 1.807) is 6.08 Å². The Balaban J connectivity index is 3.32. The Morgan fingerprint density at radius 3 is 2.67 bits per heavy atom. The second-order valence-electron chi connectivity index (χ2n) is 3.10. The van der Waals surface area contributed by atoms with Crippen molar-refractivity contribution in [1.82, 2.24) is 0 Å². The van der Waals surface area contributed by atoms with Crippen molar-refractivity contribution < 1.29 is 4.74 Å².